The molecule has 118 valence electrons. The van der Waals surface area contributed by atoms with Crippen LogP contribution in [0.4, 0.5) is 0 Å². The zero-order valence-corrected chi connectivity index (χ0v) is 13.4. The van der Waals surface area contributed by atoms with Crippen LogP contribution in [0.5, 0.6) is 0 Å². The SMILES string of the molecule is Cc1nn(C2CCS(=O)(=O)C2)c(C)c1CNC1(CO)CC1. The van der Waals surface area contributed by atoms with Gasteiger partial charge in [0.15, 0.2) is 9.84 Å². The van der Waals surface area contributed by atoms with Gasteiger partial charge in [0.2, 0.25) is 0 Å². The summed E-state index contributed by atoms with van der Waals surface area (Å²) < 4.78 is 25.2. The fraction of sp³-hybridized carbons (Fsp3) is 0.786. The third-order valence-corrected chi connectivity index (χ3v) is 6.58. The first kappa shape index (κ1) is 15.0. The molecule has 2 heterocycles. The van der Waals surface area contributed by atoms with Gasteiger partial charge in [-0.25, -0.2) is 8.42 Å². The number of rotatable bonds is 5. The van der Waals surface area contributed by atoms with Crippen molar-refractivity contribution < 1.29 is 13.5 Å². The summed E-state index contributed by atoms with van der Waals surface area (Å²) in [6, 6.07) is -0.0322. The van der Waals surface area contributed by atoms with Gasteiger partial charge >= 0.3 is 0 Å². The molecule has 1 saturated carbocycles. The van der Waals surface area contributed by atoms with Crippen LogP contribution in [0.2, 0.25) is 0 Å². The predicted octanol–water partition coefficient (Wildman–Crippen LogP) is 0.474. The van der Waals surface area contributed by atoms with Gasteiger partial charge in [-0.2, -0.15) is 5.10 Å². The molecule has 1 aliphatic heterocycles. The maximum Gasteiger partial charge on any atom is 0.152 e. The maximum absolute atomic E-state index is 11.6. The minimum atomic E-state index is -2.90. The van der Waals surface area contributed by atoms with Crippen LogP contribution >= 0.6 is 0 Å². The van der Waals surface area contributed by atoms with Gasteiger partial charge in [-0.3, -0.25) is 4.68 Å². The molecule has 0 aromatic carbocycles. The average molecular weight is 313 g/mol. The summed E-state index contributed by atoms with van der Waals surface area (Å²) in [6.07, 6.45) is 2.67. The first-order valence-electron chi connectivity index (χ1n) is 7.47. The molecule has 2 N–H and O–H groups in total. The Bertz CT molecular complexity index is 647. The molecule has 0 amide bonds. The minimum Gasteiger partial charge on any atom is -0.394 e. The number of hydrogen-bond acceptors (Lipinski definition) is 5. The zero-order chi connectivity index (χ0) is 15.3. The second-order valence-electron chi connectivity index (χ2n) is 6.44. The van der Waals surface area contributed by atoms with Gasteiger partial charge in [-0.15, -0.1) is 0 Å². The maximum atomic E-state index is 11.6. The van der Waals surface area contributed by atoms with Crippen molar-refractivity contribution in [3.05, 3.63) is 17.0 Å². The predicted molar refractivity (Wildman–Crippen MR) is 79.9 cm³/mol. The number of aliphatic hydroxyl groups is 1. The van der Waals surface area contributed by atoms with E-state index in [0.717, 1.165) is 29.8 Å². The quantitative estimate of drug-likeness (QED) is 0.826. The fourth-order valence-corrected chi connectivity index (χ4v) is 4.79. The summed E-state index contributed by atoms with van der Waals surface area (Å²) >= 11 is 0. The summed E-state index contributed by atoms with van der Waals surface area (Å²) in [6.45, 7) is 4.81. The molecule has 0 radical (unpaired) electrons. The lowest BCUT2D eigenvalue weighted by molar-refractivity contribution is 0.229. The second-order valence-corrected chi connectivity index (χ2v) is 8.67. The van der Waals surface area contributed by atoms with Crippen molar-refractivity contribution in [3.63, 3.8) is 0 Å². The lowest BCUT2D eigenvalue weighted by Crippen LogP contribution is -2.34. The highest BCUT2D eigenvalue weighted by Crippen LogP contribution is 2.35. The molecule has 1 atom stereocenters. The van der Waals surface area contributed by atoms with Gasteiger partial charge in [0.05, 0.1) is 29.8 Å². The number of nitrogens with one attached hydrogen (secondary N) is 1. The van der Waals surface area contributed by atoms with Crippen molar-refractivity contribution in [2.75, 3.05) is 18.1 Å². The highest BCUT2D eigenvalue weighted by atomic mass is 32.2. The van der Waals surface area contributed by atoms with E-state index in [4.69, 9.17) is 0 Å². The van der Waals surface area contributed by atoms with E-state index in [0.29, 0.717) is 13.0 Å². The number of aliphatic hydroxyl groups excluding tert-OH is 1. The van der Waals surface area contributed by atoms with E-state index in [-0.39, 0.29) is 29.7 Å². The molecule has 1 aliphatic carbocycles. The summed E-state index contributed by atoms with van der Waals surface area (Å²) in [7, 11) is -2.90. The monoisotopic (exact) mass is 313 g/mol. The van der Waals surface area contributed by atoms with Gasteiger partial charge in [-0.05, 0) is 33.1 Å². The Balaban J connectivity index is 1.77. The summed E-state index contributed by atoms with van der Waals surface area (Å²) in [5, 5.41) is 17.3. The minimum absolute atomic E-state index is 0.0322. The Morgan fingerprint density at radius 3 is 2.67 bits per heavy atom. The Morgan fingerprint density at radius 1 is 1.43 bits per heavy atom. The van der Waals surface area contributed by atoms with Crippen LogP contribution < -0.4 is 5.32 Å². The first-order valence-corrected chi connectivity index (χ1v) is 9.29. The Labute approximate surface area is 125 Å². The van der Waals surface area contributed by atoms with Crippen LogP contribution in [-0.2, 0) is 16.4 Å². The normalized spacial score (nSPS) is 26.1. The zero-order valence-electron chi connectivity index (χ0n) is 12.6. The van der Waals surface area contributed by atoms with Crippen LogP contribution in [0.25, 0.3) is 0 Å². The molecule has 6 nitrogen and oxygen atoms in total. The molecule has 0 spiro atoms. The molecule has 2 fully saturated rings. The van der Waals surface area contributed by atoms with Crippen molar-refractivity contribution in [3.8, 4) is 0 Å². The molecule has 0 bridgehead atoms. The van der Waals surface area contributed by atoms with E-state index in [2.05, 4.69) is 10.4 Å². The topological polar surface area (TPSA) is 84.2 Å². The van der Waals surface area contributed by atoms with E-state index in [9.17, 15) is 13.5 Å². The molecule has 21 heavy (non-hydrogen) atoms. The molecule has 1 saturated heterocycles. The third-order valence-electron chi connectivity index (χ3n) is 4.83. The van der Waals surface area contributed by atoms with Crippen molar-refractivity contribution in [2.24, 2.45) is 0 Å². The van der Waals surface area contributed by atoms with Crippen molar-refractivity contribution >= 4 is 9.84 Å². The molecule has 3 rings (SSSR count). The average Bonchev–Trinajstić information content (AvgIpc) is 3.05. The first-order chi connectivity index (χ1) is 9.86. The number of aromatic nitrogens is 2. The van der Waals surface area contributed by atoms with E-state index in [1.165, 1.54) is 0 Å². The van der Waals surface area contributed by atoms with Crippen molar-refractivity contribution in [1.82, 2.24) is 15.1 Å². The Morgan fingerprint density at radius 2 is 2.14 bits per heavy atom. The molecule has 7 heteroatoms. The van der Waals surface area contributed by atoms with Crippen LogP contribution in [0.3, 0.4) is 0 Å². The van der Waals surface area contributed by atoms with Crippen LogP contribution in [0.15, 0.2) is 0 Å². The number of aryl methyl sites for hydroxylation is 1. The van der Waals surface area contributed by atoms with Crippen LogP contribution in [0.1, 0.15) is 42.3 Å². The van der Waals surface area contributed by atoms with E-state index >= 15 is 0 Å². The number of sulfone groups is 1. The Kier molecular flexibility index (Phi) is 3.62. The van der Waals surface area contributed by atoms with Gasteiger partial charge in [0.1, 0.15) is 0 Å². The number of nitrogens with zero attached hydrogens (tertiary/aromatic N) is 2. The smallest absolute Gasteiger partial charge is 0.152 e. The second kappa shape index (κ2) is 5.07. The van der Waals surface area contributed by atoms with Gasteiger partial charge < -0.3 is 10.4 Å². The van der Waals surface area contributed by atoms with E-state index < -0.39 is 9.84 Å². The summed E-state index contributed by atoms with van der Waals surface area (Å²) in [4.78, 5) is 0. The summed E-state index contributed by atoms with van der Waals surface area (Å²) in [5.41, 5.74) is 3.01. The van der Waals surface area contributed by atoms with Crippen LogP contribution in [-0.4, -0.2) is 47.0 Å². The Hall–Kier alpha value is -0.920. The molecule has 1 aromatic heterocycles. The summed E-state index contributed by atoms with van der Waals surface area (Å²) in [5.74, 6) is 0.458. The third kappa shape index (κ3) is 2.86. The largest absolute Gasteiger partial charge is 0.394 e. The van der Waals surface area contributed by atoms with Gasteiger partial charge in [0.25, 0.3) is 0 Å². The van der Waals surface area contributed by atoms with E-state index in [1.54, 1.807) is 0 Å². The van der Waals surface area contributed by atoms with Gasteiger partial charge in [-0.1, -0.05) is 0 Å². The molecular weight excluding hydrogens is 290 g/mol. The van der Waals surface area contributed by atoms with Gasteiger partial charge in [0, 0.05) is 23.3 Å². The molecule has 2 aliphatic rings. The molecule has 1 aromatic rings. The molecular formula is C14H23N3O3S. The van der Waals surface area contributed by atoms with E-state index in [1.807, 2.05) is 18.5 Å². The van der Waals surface area contributed by atoms with Crippen molar-refractivity contribution in [1.29, 1.82) is 0 Å². The number of hydrogen-bond donors (Lipinski definition) is 2. The van der Waals surface area contributed by atoms with Crippen molar-refractivity contribution in [2.45, 2.75) is 51.2 Å². The standard InChI is InChI=1S/C14H23N3O3S/c1-10-13(7-15-14(9-18)4-5-14)11(2)17(16-10)12-3-6-21(19,20)8-12/h12,15,18H,3-9H2,1-2H3. The highest BCUT2D eigenvalue weighted by molar-refractivity contribution is 7.91. The van der Waals surface area contributed by atoms with Crippen LogP contribution in [0, 0.1) is 13.8 Å². The lowest BCUT2D eigenvalue weighted by atomic mass is 10.1. The fourth-order valence-electron chi connectivity index (χ4n) is 3.09. The highest BCUT2D eigenvalue weighted by Gasteiger charge is 2.41. The lowest BCUT2D eigenvalue weighted by Gasteiger charge is -2.15. The molecule has 1 unspecified atom stereocenters.